The molecule has 1 saturated carbocycles. The summed E-state index contributed by atoms with van der Waals surface area (Å²) in [5.74, 6) is 0.713. The van der Waals surface area contributed by atoms with Gasteiger partial charge in [0.2, 0.25) is 0 Å². The summed E-state index contributed by atoms with van der Waals surface area (Å²) in [6, 6.07) is 10.1. The molecule has 0 radical (unpaired) electrons. The predicted molar refractivity (Wildman–Crippen MR) is 84.2 cm³/mol. The van der Waals surface area contributed by atoms with Crippen molar-refractivity contribution in [2.45, 2.75) is 18.9 Å². The molecule has 0 unspecified atom stereocenters. The molecule has 4 rings (SSSR count). The first-order chi connectivity index (χ1) is 9.72. The van der Waals surface area contributed by atoms with Gasteiger partial charge in [0.25, 0.3) is 5.91 Å². The van der Waals surface area contributed by atoms with Crippen LogP contribution in [0.3, 0.4) is 0 Å². The SMILES string of the molecule is O=C1C(=Cc2cc3ccccc3o2)SC(=S)N1C1CC1. The van der Waals surface area contributed by atoms with Gasteiger partial charge in [0.1, 0.15) is 15.7 Å². The Bertz CT molecular complexity index is 725. The number of furan rings is 1. The molecule has 2 aliphatic rings. The van der Waals surface area contributed by atoms with Crippen molar-refractivity contribution in [3.63, 3.8) is 0 Å². The maximum atomic E-state index is 12.3. The van der Waals surface area contributed by atoms with Crippen LogP contribution in [0.4, 0.5) is 0 Å². The fourth-order valence-electron chi connectivity index (χ4n) is 2.33. The highest BCUT2D eigenvalue weighted by molar-refractivity contribution is 8.26. The van der Waals surface area contributed by atoms with Gasteiger partial charge in [0.15, 0.2) is 0 Å². The fraction of sp³-hybridized carbons (Fsp3) is 0.200. The highest BCUT2D eigenvalue weighted by Gasteiger charge is 2.42. The normalized spacial score (nSPS) is 21.4. The molecule has 0 atom stereocenters. The number of hydrogen-bond donors (Lipinski definition) is 0. The first-order valence-electron chi connectivity index (χ1n) is 6.48. The van der Waals surface area contributed by atoms with Crippen LogP contribution in [0.15, 0.2) is 39.7 Å². The van der Waals surface area contributed by atoms with Crippen molar-refractivity contribution in [3.8, 4) is 0 Å². The van der Waals surface area contributed by atoms with Crippen LogP contribution in [-0.2, 0) is 4.79 Å². The molecule has 1 aromatic heterocycles. The number of thioether (sulfide) groups is 1. The third-order valence-electron chi connectivity index (χ3n) is 3.45. The summed E-state index contributed by atoms with van der Waals surface area (Å²) < 4.78 is 6.39. The zero-order chi connectivity index (χ0) is 13.7. The van der Waals surface area contributed by atoms with Gasteiger partial charge >= 0.3 is 0 Å². The molecule has 2 aromatic rings. The Morgan fingerprint density at radius 3 is 2.90 bits per heavy atom. The average molecular weight is 301 g/mol. The highest BCUT2D eigenvalue weighted by Crippen LogP contribution is 2.40. The van der Waals surface area contributed by atoms with E-state index in [4.69, 9.17) is 16.6 Å². The van der Waals surface area contributed by atoms with Crippen LogP contribution in [0.5, 0.6) is 0 Å². The van der Waals surface area contributed by atoms with Crippen LogP contribution in [0.25, 0.3) is 17.0 Å². The molecule has 3 nitrogen and oxygen atoms in total. The van der Waals surface area contributed by atoms with E-state index in [1.807, 2.05) is 30.3 Å². The number of thiocarbonyl (C=S) groups is 1. The molecule has 1 aromatic carbocycles. The number of rotatable bonds is 2. The van der Waals surface area contributed by atoms with Crippen molar-refractivity contribution < 1.29 is 9.21 Å². The zero-order valence-corrected chi connectivity index (χ0v) is 12.2. The van der Waals surface area contributed by atoms with E-state index in [0.29, 0.717) is 21.0 Å². The minimum Gasteiger partial charge on any atom is -0.457 e. The molecule has 0 N–H and O–H groups in total. The molecule has 1 aliphatic heterocycles. The topological polar surface area (TPSA) is 33.5 Å². The molecule has 0 bridgehead atoms. The van der Waals surface area contributed by atoms with Crippen LogP contribution < -0.4 is 0 Å². The smallest absolute Gasteiger partial charge is 0.266 e. The lowest BCUT2D eigenvalue weighted by atomic mass is 10.2. The maximum absolute atomic E-state index is 12.3. The van der Waals surface area contributed by atoms with Gasteiger partial charge in [0, 0.05) is 17.5 Å². The molecule has 0 spiro atoms. The summed E-state index contributed by atoms with van der Waals surface area (Å²) in [6.07, 6.45) is 3.91. The van der Waals surface area contributed by atoms with E-state index >= 15 is 0 Å². The number of carbonyl (C=O) groups is 1. The number of fused-ring (bicyclic) bond motifs is 1. The van der Waals surface area contributed by atoms with Crippen LogP contribution in [0.1, 0.15) is 18.6 Å². The van der Waals surface area contributed by atoms with Crippen LogP contribution in [0, 0.1) is 0 Å². The summed E-state index contributed by atoms with van der Waals surface area (Å²) in [6.45, 7) is 0. The number of nitrogens with zero attached hydrogens (tertiary/aromatic N) is 1. The number of amides is 1. The van der Waals surface area contributed by atoms with Crippen molar-refractivity contribution in [3.05, 3.63) is 41.0 Å². The van der Waals surface area contributed by atoms with Crippen LogP contribution >= 0.6 is 24.0 Å². The summed E-state index contributed by atoms with van der Waals surface area (Å²) >= 11 is 6.65. The van der Waals surface area contributed by atoms with E-state index in [-0.39, 0.29) is 5.91 Å². The second kappa shape index (κ2) is 4.46. The molecule has 2 heterocycles. The Morgan fingerprint density at radius 2 is 2.15 bits per heavy atom. The summed E-state index contributed by atoms with van der Waals surface area (Å²) in [7, 11) is 0. The lowest BCUT2D eigenvalue weighted by molar-refractivity contribution is -0.122. The number of carbonyl (C=O) groups excluding carboxylic acids is 1. The van der Waals surface area contributed by atoms with Crippen LogP contribution in [0.2, 0.25) is 0 Å². The largest absolute Gasteiger partial charge is 0.457 e. The molecule has 20 heavy (non-hydrogen) atoms. The third kappa shape index (κ3) is 1.98. The second-order valence-corrected chi connectivity index (χ2v) is 6.65. The lowest BCUT2D eigenvalue weighted by Gasteiger charge is -2.11. The quantitative estimate of drug-likeness (QED) is 0.624. The first-order valence-corrected chi connectivity index (χ1v) is 7.70. The maximum Gasteiger partial charge on any atom is 0.266 e. The first kappa shape index (κ1) is 12.2. The van der Waals surface area contributed by atoms with E-state index in [0.717, 1.165) is 23.8 Å². The minimum absolute atomic E-state index is 0.0166. The van der Waals surface area contributed by atoms with E-state index in [9.17, 15) is 4.79 Å². The zero-order valence-electron chi connectivity index (χ0n) is 10.5. The van der Waals surface area contributed by atoms with Crippen LogP contribution in [-0.4, -0.2) is 21.2 Å². The molecule has 1 amide bonds. The Balaban J connectivity index is 1.69. The Kier molecular flexibility index (Phi) is 2.72. The van der Waals surface area contributed by atoms with E-state index in [1.165, 1.54) is 11.8 Å². The Morgan fingerprint density at radius 1 is 1.35 bits per heavy atom. The molecule has 1 saturated heterocycles. The van der Waals surface area contributed by atoms with Gasteiger partial charge in [-0.15, -0.1) is 0 Å². The summed E-state index contributed by atoms with van der Waals surface area (Å²) in [5.41, 5.74) is 0.830. The number of para-hydroxylation sites is 1. The molecular formula is C15H11NO2S2. The Labute approximate surface area is 125 Å². The van der Waals surface area contributed by atoms with E-state index in [2.05, 4.69) is 0 Å². The van der Waals surface area contributed by atoms with E-state index in [1.54, 1.807) is 11.0 Å². The molecule has 2 fully saturated rings. The Hall–Kier alpha value is -1.59. The lowest BCUT2D eigenvalue weighted by Crippen LogP contribution is -2.29. The van der Waals surface area contributed by atoms with Crippen molar-refractivity contribution in [2.24, 2.45) is 0 Å². The molecule has 1 aliphatic carbocycles. The van der Waals surface area contributed by atoms with Gasteiger partial charge in [0.05, 0.1) is 4.91 Å². The average Bonchev–Trinajstić information content (AvgIpc) is 3.10. The molecule has 100 valence electrons. The fourth-order valence-corrected chi connectivity index (χ4v) is 3.71. The second-order valence-electron chi connectivity index (χ2n) is 4.97. The monoisotopic (exact) mass is 301 g/mol. The van der Waals surface area contributed by atoms with Crippen molar-refractivity contribution in [1.82, 2.24) is 4.90 Å². The van der Waals surface area contributed by atoms with Gasteiger partial charge < -0.3 is 4.42 Å². The van der Waals surface area contributed by atoms with Gasteiger partial charge in [-0.1, -0.05) is 42.2 Å². The molecular weight excluding hydrogens is 290 g/mol. The van der Waals surface area contributed by atoms with Gasteiger partial charge in [-0.2, -0.15) is 0 Å². The summed E-state index contributed by atoms with van der Waals surface area (Å²) in [4.78, 5) is 14.7. The predicted octanol–water partition coefficient (Wildman–Crippen LogP) is 3.80. The van der Waals surface area contributed by atoms with E-state index < -0.39 is 0 Å². The minimum atomic E-state index is 0.0166. The molecule has 5 heteroatoms. The van der Waals surface area contributed by atoms with Gasteiger partial charge in [-0.25, -0.2) is 0 Å². The number of benzene rings is 1. The van der Waals surface area contributed by atoms with Crippen molar-refractivity contribution in [1.29, 1.82) is 0 Å². The van der Waals surface area contributed by atoms with Gasteiger partial charge in [-0.05, 0) is 25.0 Å². The highest BCUT2D eigenvalue weighted by atomic mass is 32.2. The van der Waals surface area contributed by atoms with Crippen molar-refractivity contribution >= 4 is 51.3 Å². The number of hydrogen-bond acceptors (Lipinski definition) is 4. The standard InChI is InChI=1S/C15H11NO2S2/c17-14-13(20-15(19)16(14)10-5-6-10)8-11-7-9-3-1-2-4-12(9)18-11/h1-4,7-8,10H,5-6H2. The van der Waals surface area contributed by atoms with Crippen molar-refractivity contribution in [2.75, 3.05) is 0 Å². The summed E-state index contributed by atoms with van der Waals surface area (Å²) in [5, 5.41) is 1.04. The third-order valence-corrected chi connectivity index (χ3v) is 4.78. The van der Waals surface area contributed by atoms with Gasteiger partial charge in [-0.3, -0.25) is 9.69 Å².